The highest BCUT2D eigenvalue weighted by molar-refractivity contribution is 8.18. The number of carbonyl (C=O) groups excluding carboxylic acids is 1. The van der Waals surface area contributed by atoms with Gasteiger partial charge in [-0.1, -0.05) is 96.7 Å². The molecule has 2 aliphatic rings. The molecule has 0 atom stereocenters. The first kappa shape index (κ1) is 29.6. The molecule has 0 N–H and O–H groups in total. The van der Waals surface area contributed by atoms with E-state index >= 15 is 0 Å². The molecule has 6 rings (SSSR count). The number of carbonyl (C=O) groups is 1. The Kier molecular flexibility index (Phi) is 9.05. The highest BCUT2D eigenvalue weighted by Crippen LogP contribution is 2.49. The molecule has 0 radical (unpaired) electrons. The number of hydrogen-bond acceptors (Lipinski definition) is 6. The summed E-state index contributed by atoms with van der Waals surface area (Å²) in [5.74, 6) is 0.802. The summed E-state index contributed by atoms with van der Waals surface area (Å²) >= 11 is 3.14. The Balaban J connectivity index is 1.35. The summed E-state index contributed by atoms with van der Waals surface area (Å²) in [5, 5.41) is 1.76. The Morgan fingerprint density at radius 2 is 1.45 bits per heavy atom. The summed E-state index contributed by atoms with van der Waals surface area (Å²) in [4.78, 5) is 24.7. The number of allylic oxidation sites excluding steroid dienone is 2. The van der Waals surface area contributed by atoms with Crippen molar-refractivity contribution in [3.8, 4) is 5.75 Å². The lowest BCUT2D eigenvalue weighted by atomic mass is 10.0. The highest BCUT2D eigenvalue weighted by Gasteiger charge is 2.35. The molecule has 0 bridgehead atoms. The summed E-state index contributed by atoms with van der Waals surface area (Å²) in [5.41, 5.74) is 6.09. The van der Waals surface area contributed by atoms with Crippen LogP contribution in [0.15, 0.2) is 129 Å². The number of nitrogens with zero attached hydrogens (tertiary/aromatic N) is 3. The number of aliphatic imine (C=N–C) groups is 1. The molecule has 0 aromatic heterocycles. The first-order valence-electron chi connectivity index (χ1n) is 14.6. The first-order valence-corrected chi connectivity index (χ1v) is 16.3. The Labute approximate surface area is 267 Å². The van der Waals surface area contributed by atoms with E-state index in [0.717, 1.165) is 55.9 Å². The molecule has 2 aliphatic heterocycles. The maximum atomic E-state index is 13.9. The quantitative estimate of drug-likeness (QED) is 0.146. The van der Waals surface area contributed by atoms with Gasteiger partial charge in [-0.2, -0.15) is 0 Å². The maximum Gasteiger partial charge on any atom is 0.267 e. The first-order chi connectivity index (χ1) is 21.6. The summed E-state index contributed by atoms with van der Waals surface area (Å²) in [6, 6.07) is 34.6. The second-order valence-electron chi connectivity index (χ2n) is 10.2. The van der Waals surface area contributed by atoms with E-state index in [9.17, 15) is 4.79 Å². The number of fused-ring (bicyclic) bond motifs is 1. The normalized spacial score (nSPS) is 17.7. The third-order valence-corrected chi connectivity index (χ3v) is 9.60. The summed E-state index contributed by atoms with van der Waals surface area (Å²) in [6.45, 7) is 5.47. The molecule has 1 fully saturated rings. The third kappa shape index (κ3) is 6.25. The Hall–Kier alpha value is -4.46. The lowest BCUT2D eigenvalue weighted by Gasteiger charge is -2.19. The molecule has 7 heteroatoms. The van der Waals surface area contributed by atoms with Gasteiger partial charge in [0.15, 0.2) is 5.17 Å². The van der Waals surface area contributed by atoms with Gasteiger partial charge in [0, 0.05) is 23.6 Å². The highest BCUT2D eigenvalue weighted by atomic mass is 32.2. The maximum absolute atomic E-state index is 13.9. The van der Waals surface area contributed by atoms with Crippen molar-refractivity contribution in [3.05, 3.63) is 136 Å². The van der Waals surface area contributed by atoms with Crippen LogP contribution >= 0.6 is 23.5 Å². The van der Waals surface area contributed by atoms with E-state index in [1.54, 1.807) is 23.8 Å². The molecular formula is C37H33N3O2S2. The predicted octanol–water partition coefficient (Wildman–Crippen LogP) is 9.33. The fourth-order valence-electron chi connectivity index (χ4n) is 5.13. The molecule has 5 nitrogen and oxygen atoms in total. The fourth-order valence-corrected chi connectivity index (χ4v) is 7.46. The van der Waals surface area contributed by atoms with E-state index in [1.807, 2.05) is 61.5 Å². The third-order valence-electron chi connectivity index (χ3n) is 7.42. The number of benzene rings is 4. The van der Waals surface area contributed by atoms with Crippen molar-refractivity contribution in [3.63, 3.8) is 0 Å². The largest absolute Gasteiger partial charge is 0.497 e. The Morgan fingerprint density at radius 3 is 2.11 bits per heavy atom. The van der Waals surface area contributed by atoms with Gasteiger partial charge in [-0.25, -0.2) is 4.99 Å². The van der Waals surface area contributed by atoms with Gasteiger partial charge in [0.1, 0.15) is 5.75 Å². The molecule has 44 heavy (non-hydrogen) atoms. The van der Waals surface area contributed by atoms with Crippen LogP contribution in [0.2, 0.25) is 0 Å². The molecule has 0 saturated carbocycles. The van der Waals surface area contributed by atoms with E-state index < -0.39 is 0 Å². The monoisotopic (exact) mass is 615 g/mol. The summed E-state index contributed by atoms with van der Waals surface area (Å²) in [6.07, 6.45) is 6.34. The van der Waals surface area contributed by atoms with Crippen LogP contribution in [-0.2, 0) is 4.79 Å². The standard InChI is InChI=1S/C37H33N3O2S2/c1-4-39-32-23-22-30(42-3)24-33(32)43-34(39)25-31(28-14-10-7-11-15-28)35-36(41)40(5-2)37(44-35)38-29-20-18-27(19-21-29)17-16-26-12-8-6-9-13-26/h6-25H,4-5H2,1-3H3/b17-16+,34-25-,35-31-,38-37?. The minimum absolute atomic E-state index is 0.0282. The van der Waals surface area contributed by atoms with Crippen LogP contribution in [-0.4, -0.2) is 36.2 Å². The minimum Gasteiger partial charge on any atom is -0.497 e. The SMILES string of the molecule is CCN1C(=O)/C(=C(\C=C2/Sc3cc(OC)ccc3N2CC)c2ccccc2)SC1=Nc1ccc(/C=C/c2ccccc2)cc1. The number of ether oxygens (including phenoxy) is 1. The Morgan fingerprint density at radius 1 is 0.795 bits per heavy atom. The van der Waals surface area contributed by atoms with Crippen LogP contribution in [0.5, 0.6) is 5.75 Å². The van der Waals surface area contributed by atoms with Crippen LogP contribution in [0.25, 0.3) is 17.7 Å². The minimum atomic E-state index is -0.0282. The van der Waals surface area contributed by atoms with E-state index in [2.05, 4.69) is 78.6 Å². The number of anilines is 1. The fraction of sp³-hybridized carbons (Fsp3) is 0.135. The second kappa shape index (κ2) is 13.5. The van der Waals surface area contributed by atoms with Gasteiger partial charge in [-0.15, -0.1) is 0 Å². The molecule has 2 heterocycles. The number of methoxy groups -OCH3 is 1. The molecule has 0 aliphatic carbocycles. The number of thioether (sulfide) groups is 2. The molecule has 4 aromatic carbocycles. The lowest BCUT2D eigenvalue weighted by Crippen LogP contribution is -2.28. The van der Waals surface area contributed by atoms with Crippen molar-refractivity contribution in [1.29, 1.82) is 0 Å². The zero-order valence-corrected chi connectivity index (χ0v) is 26.6. The van der Waals surface area contributed by atoms with Crippen LogP contribution < -0.4 is 9.64 Å². The van der Waals surface area contributed by atoms with Crippen molar-refractivity contribution >= 4 is 63.7 Å². The molecule has 1 saturated heterocycles. The van der Waals surface area contributed by atoms with Crippen LogP contribution in [0, 0.1) is 0 Å². The Bertz CT molecular complexity index is 1780. The van der Waals surface area contributed by atoms with Crippen molar-refractivity contribution < 1.29 is 9.53 Å². The number of hydrogen-bond donors (Lipinski definition) is 0. The van der Waals surface area contributed by atoms with Crippen molar-refractivity contribution in [2.24, 2.45) is 4.99 Å². The average Bonchev–Trinajstić information content (AvgIpc) is 3.58. The van der Waals surface area contributed by atoms with Gasteiger partial charge >= 0.3 is 0 Å². The zero-order valence-electron chi connectivity index (χ0n) is 24.9. The number of amidine groups is 1. The second-order valence-corrected chi connectivity index (χ2v) is 12.2. The summed E-state index contributed by atoms with van der Waals surface area (Å²) in [7, 11) is 1.69. The van der Waals surface area contributed by atoms with Crippen LogP contribution in [0.4, 0.5) is 11.4 Å². The van der Waals surface area contributed by atoms with Gasteiger partial charge in [0.05, 0.1) is 28.4 Å². The predicted molar refractivity (Wildman–Crippen MR) is 187 cm³/mol. The summed E-state index contributed by atoms with van der Waals surface area (Å²) < 4.78 is 5.48. The van der Waals surface area contributed by atoms with Gasteiger partial charge in [0.25, 0.3) is 5.91 Å². The van der Waals surface area contributed by atoms with Gasteiger partial charge in [-0.3, -0.25) is 9.69 Å². The topological polar surface area (TPSA) is 45.1 Å². The van der Waals surface area contributed by atoms with Gasteiger partial charge in [-0.05, 0) is 78.7 Å². The number of likely N-dealkylation sites (N-methyl/N-ethyl adjacent to an activating group) is 1. The van der Waals surface area contributed by atoms with Crippen molar-refractivity contribution in [1.82, 2.24) is 4.90 Å². The van der Waals surface area contributed by atoms with Gasteiger partial charge < -0.3 is 9.64 Å². The van der Waals surface area contributed by atoms with E-state index in [1.165, 1.54) is 11.8 Å². The lowest BCUT2D eigenvalue weighted by molar-refractivity contribution is -0.122. The van der Waals surface area contributed by atoms with Gasteiger partial charge in [0.2, 0.25) is 0 Å². The van der Waals surface area contributed by atoms with Crippen LogP contribution in [0.3, 0.4) is 0 Å². The molecular weight excluding hydrogens is 583 g/mol. The van der Waals surface area contributed by atoms with E-state index in [-0.39, 0.29) is 5.91 Å². The number of amides is 1. The van der Waals surface area contributed by atoms with Crippen LogP contribution in [0.1, 0.15) is 30.5 Å². The molecule has 4 aromatic rings. The average molecular weight is 616 g/mol. The van der Waals surface area contributed by atoms with E-state index in [4.69, 9.17) is 9.73 Å². The van der Waals surface area contributed by atoms with E-state index in [0.29, 0.717) is 16.6 Å². The molecule has 1 amide bonds. The van der Waals surface area contributed by atoms with Crippen molar-refractivity contribution in [2.75, 3.05) is 25.1 Å². The molecule has 0 spiro atoms. The zero-order chi connectivity index (χ0) is 30.5. The number of rotatable bonds is 8. The smallest absolute Gasteiger partial charge is 0.267 e. The molecule has 0 unspecified atom stereocenters. The molecule has 220 valence electrons. The van der Waals surface area contributed by atoms with Crippen molar-refractivity contribution in [2.45, 2.75) is 18.7 Å².